The van der Waals surface area contributed by atoms with E-state index in [1.807, 2.05) is 25.1 Å². The number of ether oxygens (including phenoxy) is 1. The summed E-state index contributed by atoms with van der Waals surface area (Å²) in [5.74, 6) is 0. The van der Waals surface area contributed by atoms with Crippen LogP contribution in [0.25, 0.3) is 0 Å². The number of hydrogen-bond donors (Lipinski definition) is 0. The van der Waals surface area contributed by atoms with E-state index in [2.05, 4.69) is 16.5 Å². The molecule has 0 aliphatic carbocycles. The van der Waals surface area contributed by atoms with Crippen LogP contribution >= 0.6 is 0 Å². The molecule has 0 aromatic carbocycles. The predicted octanol–water partition coefficient (Wildman–Crippen LogP) is 2.18. The van der Waals surface area contributed by atoms with Crippen LogP contribution in [0.3, 0.4) is 0 Å². The van der Waals surface area contributed by atoms with Crippen molar-refractivity contribution in [3.8, 4) is 0 Å². The van der Waals surface area contributed by atoms with Gasteiger partial charge in [-0.1, -0.05) is 12.6 Å². The summed E-state index contributed by atoms with van der Waals surface area (Å²) in [5.41, 5.74) is 2.11. The summed E-state index contributed by atoms with van der Waals surface area (Å²) >= 11 is 0. The standard InChI is InChI=1S/C15H21N3O2/c1-3-20-15(19)18-9-5-8-17(10-11-18)12-14-7-4-6-13(2)16-14/h3-4,6-7H,1,5,8-12H2,2H3. The number of pyridine rings is 1. The first-order valence-corrected chi connectivity index (χ1v) is 6.90. The summed E-state index contributed by atoms with van der Waals surface area (Å²) in [7, 11) is 0. The molecule has 0 radical (unpaired) electrons. The Labute approximate surface area is 119 Å². The summed E-state index contributed by atoms with van der Waals surface area (Å²) in [6.45, 7) is 9.44. The number of amides is 1. The van der Waals surface area contributed by atoms with Crippen molar-refractivity contribution >= 4 is 6.09 Å². The topological polar surface area (TPSA) is 45.7 Å². The Hall–Kier alpha value is -1.88. The molecular formula is C15H21N3O2. The highest BCUT2D eigenvalue weighted by Gasteiger charge is 2.19. The molecule has 20 heavy (non-hydrogen) atoms. The van der Waals surface area contributed by atoms with E-state index in [-0.39, 0.29) is 6.09 Å². The molecule has 5 heteroatoms. The van der Waals surface area contributed by atoms with Gasteiger partial charge in [-0.25, -0.2) is 4.79 Å². The van der Waals surface area contributed by atoms with Crippen LogP contribution in [0.15, 0.2) is 31.0 Å². The third-order valence-electron chi connectivity index (χ3n) is 3.36. The molecule has 2 rings (SSSR count). The molecule has 1 aromatic rings. The number of rotatable bonds is 3. The van der Waals surface area contributed by atoms with Gasteiger partial charge < -0.3 is 9.64 Å². The van der Waals surface area contributed by atoms with Crippen LogP contribution in [0.2, 0.25) is 0 Å². The Kier molecular flexibility index (Phi) is 5.12. The van der Waals surface area contributed by atoms with Crippen molar-refractivity contribution in [2.75, 3.05) is 26.2 Å². The number of hydrogen-bond acceptors (Lipinski definition) is 4. The molecule has 0 saturated carbocycles. The third-order valence-corrected chi connectivity index (χ3v) is 3.36. The van der Waals surface area contributed by atoms with Gasteiger partial charge in [0, 0.05) is 38.4 Å². The second kappa shape index (κ2) is 7.05. The molecule has 1 aromatic heterocycles. The highest BCUT2D eigenvalue weighted by molar-refractivity contribution is 5.68. The molecular weight excluding hydrogens is 254 g/mol. The zero-order chi connectivity index (χ0) is 14.4. The van der Waals surface area contributed by atoms with Gasteiger partial charge in [0.1, 0.15) is 0 Å². The number of carbonyl (C=O) groups excluding carboxylic acids is 1. The number of aryl methyl sites for hydroxylation is 1. The van der Waals surface area contributed by atoms with Gasteiger partial charge in [0.05, 0.1) is 12.0 Å². The quantitative estimate of drug-likeness (QED) is 0.793. The fourth-order valence-electron chi connectivity index (χ4n) is 2.37. The van der Waals surface area contributed by atoms with Crippen LogP contribution in [-0.2, 0) is 11.3 Å². The fourth-order valence-corrected chi connectivity index (χ4v) is 2.37. The van der Waals surface area contributed by atoms with E-state index in [4.69, 9.17) is 4.74 Å². The van der Waals surface area contributed by atoms with Gasteiger partial charge in [0.25, 0.3) is 0 Å². The molecule has 5 nitrogen and oxygen atoms in total. The van der Waals surface area contributed by atoms with Crippen LogP contribution in [0.4, 0.5) is 4.79 Å². The maximum absolute atomic E-state index is 11.7. The normalized spacial score (nSPS) is 16.6. The van der Waals surface area contributed by atoms with Crippen molar-refractivity contribution in [2.24, 2.45) is 0 Å². The van der Waals surface area contributed by atoms with Gasteiger partial charge >= 0.3 is 6.09 Å². The lowest BCUT2D eigenvalue weighted by Gasteiger charge is -2.20. The highest BCUT2D eigenvalue weighted by Crippen LogP contribution is 2.09. The van der Waals surface area contributed by atoms with Gasteiger partial charge in [-0.15, -0.1) is 0 Å². The molecule has 0 spiro atoms. The van der Waals surface area contributed by atoms with Gasteiger partial charge in [-0.3, -0.25) is 9.88 Å². The molecule has 1 aliphatic heterocycles. The Morgan fingerprint density at radius 3 is 3.00 bits per heavy atom. The predicted molar refractivity (Wildman–Crippen MR) is 77.1 cm³/mol. The Bertz CT molecular complexity index is 476. The number of nitrogens with zero attached hydrogens (tertiary/aromatic N) is 3. The number of aromatic nitrogens is 1. The molecule has 0 N–H and O–H groups in total. The molecule has 108 valence electrons. The lowest BCUT2D eigenvalue weighted by Crippen LogP contribution is -2.34. The SMILES string of the molecule is C=COC(=O)N1CCCN(Cc2cccc(C)n2)CC1. The first-order valence-electron chi connectivity index (χ1n) is 6.90. The molecule has 0 atom stereocenters. The van der Waals surface area contributed by atoms with E-state index in [1.54, 1.807) is 4.90 Å². The lowest BCUT2D eigenvalue weighted by atomic mass is 10.3. The lowest BCUT2D eigenvalue weighted by molar-refractivity contribution is 0.138. The Balaban J connectivity index is 1.89. The summed E-state index contributed by atoms with van der Waals surface area (Å²) < 4.78 is 4.83. The van der Waals surface area contributed by atoms with Gasteiger partial charge in [-0.05, 0) is 25.5 Å². The molecule has 1 saturated heterocycles. The molecule has 0 unspecified atom stereocenters. The van der Waals surface area contributed by atoms with E-state index >= 15 is 0 Å². The third kappa shape index (κ3) is 4.06. The average molecular weight is 275 g/mol. The minimum absolute atomic E-state index is 0.310. The fraction of sp³-hybridized carbons (Fsp3) is 0.467. The van der Waals surface area contributed by atoms with E-state index in [9.17, 15) is 4.79 Å². The van der Waals surface area contributed by atoms with Crippen molar-refractivity contribution in [1.29, 1.82) is 0 Å². The maximum atomic E-state index is 11.7. The average Bonchev–Trinajstić information content (AvgIpc) is 2.65. The first-order chi connectivity index (χ1) is 9.69. The molecule has 1 aliphatic rings. The molecule has 1 amide bonds. The highest BCUT2D eigenvalue weighted by atomic mass is 16.5. The zero-order valence-corrected chi connectivity index (χ0v) is 11.9. The Morgan fingerprint density at radius 2 is 2.25 bits per heavy atom. The monoisotopic (exact) mass is 275 g/mol. The smallest absolute Gasteiger partial charge is 0.414 e. The number of carbonyl (C=O) groups is 1. The zero-order valence-electron chi connectivity index (χ0n) is 11.9. The van der Waals surface area contributed by atoms with Crippen molar-refractivity contribution in [3.63, 3.8) is 0 Å². The minimum Gasteiger partial charge on any atom is -0.419 e. The summed E-state index contributed by atoms with van der Waals surface area (Å²) in [6, 6.07) is 6.07. The summed E-state index contributed by atoms with van der Waals surface area (Å²) in [4.78, 5) is 20.2. The van der Waals surface area contributed by atoms with E-state index in [0.29, 0.717) is 6.54 Å². The van der Waals surface area contributed by atoms with Crippen LogP contribution in [-0.4, -0.2) is 47.1 Å². The Morgan fingerprint density at radius 1 is 1.40 bits per heavy atom. The van der Waals surface area contributed by atoms with E-state index in [1.165, 1.54) is 6.26 Å². The molecule has 0 bridgehead atoms. The second-order valence-corrected chi connectivity index (χ2v) is 4.94. The van der Waals surface area contributed by atoms with E-state index in [0.717, 1.165) is 44.0 Å². The van der Waals surface area contributed by atoms with Gasteiger partial charge in [-0.2, -0.15) is 0 Å². The second-order valence-electron chi connectivity index (χ2n) is 4.94. The van der Waals surface area contributed by atoms with Gasteiger partial charge in [0.2, 0.25) is 0 Å². The van der Waals surface area contributed by atoms with Crippen molar-refractivity contribution in [3.05, 3.63) is 42.4 Å². The van der Waals surface area contributed by atoms with Crippen molar-refractivity contribution in [1.82, 2.24) is 14.8 Å². The van der Waals surface area contributed by atoms with Crippen LogP contribution < -0.4 is 0 Å². The van der Waals surface area contributed by atoms with E-state index < -0.39 is 0 Å². The van der Waals surface area contributed by atoms with Crippen molar-refractivity contribution < 1.29 is 9.53 Å². The van der Waals surface area contributed by atoms with Crippen LogP contribution in [0.1, 0.15) is 17.8 Å². The first kappa shape index (κ1) is 14.5. The summed E-state index contributed by atoms with van der Waals surface area (Å²) in [6.07, 6.45) is 1.82. The largest absolute Gasteiger partial charge is 0.419 e. The molecule has 2 heterocycles. The van der Waals surface area contributed by atoms with Crippen LogP contribution in [0, 0.1) is 6.92 Å². The minimum atomic E-state index is -0.310. The van der Waals surface area contributed by atoms with Gasteiger partial charge in [0.15, 0.2) is 0 Å². The molecule has 1 fully saturated rings. The maximum Gasteiger partial charge on any atom is 0.414 e. The van der Waals surface area contributed by atoms with Crippen LogP contribution in [0.5, 0.6) is 0 Å². The van der Waals surface area contributed by atoms with Crippen molar-refractivity contribution in [2.45, 2.75) is 19.9 Å². The summed E-state index contributed by atoms with van der Waals surface area (Å²) in [5, 5.41) is 0.